The molecule has 0 amide bonds. The zero-order chi connectivity index (χ0) is 6.85. The molecular formula is C5H10FN3. The van der Waals surface area contributed by atoms with Crippen LogP contribution in [-0.4, -0.2) is 29.7 Å². The van der Waals surface area contributed by atoms with E-state index in [-0.39, 0.29) is 6.17 Å². The van der Waals surface area contributed by atoms with Gasteiger partial charge in [-0.1, -0.05) is 11.4 Å². The first-order chi connectivity index (χ1) is 4.25. The molecule has 1 heterocycles. The lowest BCUT2D eigenvalue weighted by atomic mass is 10.4. The monoisotopic (exact) mass is 131 g/mol. The van der Waals surface area contributed by atoms with Gasteiger partial charge in [0.15, 0.2) is 0 Å². The van der Waals surface area contributed by atoms with E-state index in [2.05, 4.69) is 5.10 Å². The molecule has 9 heavy (non-hydrogen) atoms. The Morgan fingerprint density at radius 3 is 2.67 bits per heavy atom. The molecule has 0 saturated heterocycles. The SMILES string of the molecule is CCC1N(F)C=NN1C. The first-order valence-corrected chi connectivity index (χ1v) is 2.96. The highest BCUT2D eigenvalue weighted by Gasteiger charge is 2.22. The van der Waals surface area contributed by atoms with Crippen LogP contribution in [0, 0.1) is 0 Å². The fraction of sp³-hybridized carbons (Fsp3) is 0.800. The minimum atomic E-state index is -0.190. The van der Waals surface area contributed by atoms with Crippen LogP contribution in [0.2, 0.25) is 0 Å². The van der Waals surface area contributed by atoms with Crippen LogP contribution in [0.15, 0.2) is 5.10 Å². The van der Waals surface area contributed by atoms with Crippen molar-refractivity contribution in [2.45, 2.75) is 19.5 Å². The van der Waals surface area contributed by atoms with Crippen LogP contribution < -0.4 is 0 Å². The van der Waals surface area contributed by atoms with Gasteiger partial charge in [0.1, 0.15) is 12.5 Å². The third-order valence-electron chi connectivity index (χ3n) is 1.43. The van der Waals surface area contributed by atoms with Crippen LogP contribution in [0.4, 0.5) is 4.48 Å². The van der Waals surface area contributed by atoms with Crippen molar-refractivity contribution in [3.8, 4) is 0 Å². The van der Waals surface area contributed by atoms with Crippen molar-refractivity contribution in [1.29, 1.82) is 0 Å². The second-order valence-corrected chi connectivity index (χ2v) is 2.04. The predicted molar refractivity (Wildman–Crippen MR) is 33.3 cm³/mol. The molecule has 1 rings (SSSR count). The molecule has 0 N–H and O–H groups in total. The Kier molecular flexibility index (Phi) is 1.55. The standard InChI is InChI=1S/C5H10FN3/c1-3-5-8(2)7-4-9(5)6/h4-5H,3H2,1-2H3. The first-order valence-electron chi connectivity index (χ1n) is 2.96. The minimum Gasteiger partial charge on any atom is -0.273 e. The Balaban J connectivity index is 2.53. The molecule has 0 aromatic rings. The van der Waals surface area contributed by atoms with Crippen LogP contribution >= 0.6 is 0 Å². The average Bonchev–Trinajstić information content (AvgIpc) is 2.12. The topological polar surface area (TPSA) is 18.8 Å². The average molecular weight is 131 g/mol. The normalized spacial score (nSPS) is 25.9. The lowest BCUT2D eigenvalue weighted by Crippen LogP contribution is -2.31. The van der Waals surface area contributed by atoms with E-state index in [0.29, 0.717) is 5.12 Å². The van der Waals surface area contributed by atoms with Gasteiger partial charge in [-0.25, -0.2) is 0 Å². The summed E-state index contributed by atoms with van der Waals surface area (Å²) in [5.74, 6) is 0. The summed E-state index contributed by atoms with van der Waals surface area (Å²) in [7, 11) is 1.75. The molecule has 0 fully saturated rings. The maximum Gasteiger partial charge on any atom is 0.149 e. The van der Waals surface area contributed by atoms with E-state index in [4.69, 9.17) is 0 Å². The van der Waals surface area contributed by atoms with Crippen LogP contribution in [0.3, 0.4) is 0 Å². The molecule has 0 bridgehead atoms. The fourth-order valence-corrected chi connectivity index (χ4v) is 0.883. The van der Waals surface area contributed by atoms with Gasteiger partial charge in [-0.3, -0.25) is 5.01 Å². The summed E-state index contributed by atoms with van der Waals surface area (Å²) >= 11 is 0. The number of rotatable bonds is 1. The molecule has 0 aromatic carbocycles. The van der Waals surface area contributed by atoms with E-state index in [1.807, 2.05) is 6.92 Å². The molecule has 1 aliphatic heterocycles. The summed E-state index contributed by atoms with van der Waals surface area (Å²) in [5, 5.41) is 5.94. The van der Waals surface area contributed by atoms with Gasteiger partial charge in [-0.2, -0.15) is 10.2 Å². The number of halogens is 1. The maximum atomic E-state index is 12.5. The summed E-state index contributed by atoms with van der Waals surface area (Å²) in [4.78, 5) is 0. The summed E-state index contributed by atoms with van der Waals surface area (Å²) in [6, 6.07) is 0. The molecule has 4 heteroatoms. The summed E-state index contributed by atoms with van der Waals surface area (Å²) < 4.78 is 12.5. The van der Waals surface area contributed by atoms with Gasteiger partial charge in [0, 0.05) is 7.05 Å². The Bertz CT molecular complexity index is 113. The van der Waals surface area contributed by atoms with Gasteiger partial charge in [-0.05, 0) is 6.42 Å². The molecular weight excluding hydrogens is 121 g/mol. The third-order valence-corrected chi connectivity index (χ3v) is 1.43. The van der Waals surface area contributed by atoms with Crippen LogP contribution in [0.25, 0.3) is 0 Å². The molecule has 3 nitrogen and oxygen atoms in total. The zero-order valence-corrected chi connectivity index (χ0v) is 5.58. The number of hydrogen-bond acceptors (Lipinski definition) is 3. The second kappa shape index (κ2) is 2.21. The minimum absolute atomic E-state index is 0.190. The van der Waals surface area contributed by atoms with Crippen molar-refractivity contribution >= 4 is 6.34 Å². The maximum absolute atomic E-state index is 12.5. The molecule has 0 saturated carbocycles. The van der Waals surface area contributed by atoms with Gasteiger partial charge < -0.3 is 0 Å². The third kappa shape index (κ3) is 0.966. The van der Waals surface area contributed by atoms with E-state index in [1.54, 1.807) is 12.1 Å². The van der Waals surface area contributed by atoms with Crippen molar-refractivity contribution in [3.05, 3.63) is 0 Å². The van der Waals surface area contributed by atoms with Crippen molar-refractivity contribution in [1.82, 2.24) is 10.1 Å². The molecule has 52 valence electrons. The molecule has 0 aromatic heterocycles. The summed E-state index contributed by atoms with van der Waals surface area (Å²) in [6.45, 7) is 1.92. The molecule has 1 aliphatic rings. The largest absolute Gasteiger partial charge is 0.273 e. The lowest BCUT2D eigenvalue weighted by molar-refractivity contribution is 0.0146. The van der Waals surface area contributed by atoms with Crippen LogP contribution in [0.1, 0.15) is 13.3 Å². The highest BCUT2D eigenvalue weighted by molar-refractivity contribution is 5.55. The van der Waals surface area contributed by atoms with Gasteiger partial charge in [0.25, 0.3) is 0 Å². The van der Waals surface area contributed by atoms with Crippen LogP contribution in [-0.2, 0) is 0 Å². The fourth-order valence-electron chi connectivity index (χ4n) is 0.883. The first kappa shape index (κ1) is 6.32. The van der Waals surface area contributed by atoms with Gasteiger partial charge >= 0.3 is 0 Å². The molecule has 0 radical (unpaired) electrons. The Morgan fingerprint density at radius 2 is 2.44 bits per heavy atom. The number of hydrogen-bond donors (Lipinski definition) is 0. The second-order valence-electron chi connectivity index (χ2n) is 2.04. The number of hydrazone groups is 1. The highest BCUT2D eigenvalue weighted by atomic mass is 19.2. The van der Waals surface area contributed by atoms with E-state index in [1.165, 1.54) is 6.34 Å². The van der Waals surface area contributed by atoms with Crippen molar-refractivity contribution in [3.63, 3.8) is 0 Å². The summed E-state index contributed by atoms with van der Waals surface area (Å²) in [5.41, 5.74) is 0. The smallest absolute Gasteiger partial charge is 0.149 e. The predicted octanol–water partition coefficient (Wildman–Crippen LogP) is 0.798. The van der Waals surface area contributed by atoms with Crippen LogP contribution in [0.5, 0.6) is 0 Å². The van der Waals surface area contributed by atoms with E-state index >= 15 is 0 Å². The molecule has 0 aliphatic carbocycles. The zero-order valence-electron chi connectivity index (χ0n) is 5.58. The van der Waals surface area contributed by atoms with Crippen molar-refractivity contribution < 1.29 is 4.48 Å². The lowest BCUT2D eigenvalue weighted by Gasteiger charge is -2.19. The van der Waals surface area contributed by atoms with Gasteiger partial charge in [0.2, 0.25) is 0 Å². The molecule has 1 unspecified atom stereocenters. The summed E-state index contributed by atoms with van der Waals surface area (Å²) in [6.07, 6.45) is 1.74. The van der Waals surface area contributed by atoms with Crippen molar-refractivity contribution in [2.24, 2.45) is 5.10 Å². The quantitative estimate of drug-likeness (QED) is 0.490. The molecule has 0 spiro atoms. The van der Waals surface area contributed by atoms with E-state index in [9.17, 15) is 4.48 Å². The van der Waals surface area contributed by atoms with Gasteiger partial charge in [-0.15, -0.1) is 0 Å². The Hall–Kier alpha value is -0.800. The van der Waals surface area contributed by atoms with E-state index in [0.717, 1.165) is 6.42 Å². The van der Waals surface area contributed by atoms with E-state index < -0.39 is 0 Å². The highest BCUT2D eigenvalue weighted by Crippen LogP contribution is 2.12. The van der Waals surface area contributed by atoms with Crippen molar-refractivity contribution in [2.75, 3.05) is 7.05 Å². The Labute approximate surface area is 53.7 Å². The number of nitrogens with zero attached hydrogens (tertiary/aromatic N) is 3. The van der Waals surface area contributed by atoms with Gasteiger partial charge in [0.05, 0.1) is 0 Å². The molecule has 1 atom stereocenters. The Morgan fingerprint density at radius 1 is 1.78 bits per heavy atom.